The van der Waals surface area contributed by atoms with Gasteiger partial charge in [-0.2, -0.15) is 0 Å². The van der Waals surface area contributed by atoms with Crippen LogP contribution in [-0.2, 0) is 0 Å². The van der Waals surface area contributed by atoms with Gasteiger partial charge in [0.1, 0.15) is 0 Å². The van der Waals surface area contributed by atoms with Gasteiger partial charge in [0, 0.05) is 27.8 Å². The first kappa shape index (κ1) is 21.4. The van der Waals surface area contributed by atoms with Crippen molar-refractivity contribution >= 4 is 56.8 Å². The number of rotatable bonds is 4. The number of hydrogen-bond donors (Lipinski definition) is 2. The molecule has 0 fully saturated rings. The normalized spacial score (nSPS) is 11.3. The summed E-state index contributed by atoms with van der Waals surface area (Å²) in [6.45, 7) is 0. The third-order valence-corrected chi connectivity index (χ3v) is 9.03. The lowest BCUT2D eigenvalue weighted by atomic mass is 9.91. The zero-order valence-electron chi connectivity index (χ0n) is 19.2. The van der Waals surface area contributed by atoms with Gasteiger partial charge in [-0.25, -0.2) is 0 Å². The van der Waals surface area contributed by atoms with E-state index in [0.717, 1.165) is 44.0 Å². The molecule has 6 aromatic carbocycles. The number of nitrogen functional groups attached to an aromatic ring is 2. The summed E-state index contributed by atoms with van der Waals surface area (Å²) in [4.78, 5) is 0. The molecule has 3 heteroatoms. The van der Waals surface area contributed by atoms with E-state index in [2.05, 4.69) is 121 Å². The Hall–Kier alpha value is -4.13. The summed E-state index contributed by atoms with van der Waals surface area (Å²) in [5, 5.41) is 8.24. The lowest BCUT2D eigenvalue weighted by Gasteiger charge is -2.25. The van der Waals surface area contributed by atoms with Crippen LogP contribution in [0.4, 0.5) is 11.4 Å². The summed E-state index contributed by atoms with van der Waals surface area (Å²) in [6, 6.07) is 44.6. The van der Waals surface area contributed by atoms with Gasteiger partial charge < -0.3 is 11.5 Å². The van der Waals surface area contributed by atoms with Crippen molar-refractivity contribution in [1.82, 2.24) is 0 Å². The third-order valence-electron chi connectivity index (χ3n) is 6.55. The average Bonchev–Trinajstić information content (AvgIpc) is 2.91. The van der Waals surface area contributed by atoms with Crippen molar-refractivity contribution in [3.8, 4) is 11.1 Å². The number of fused-ring (bicyclic) bond motifs is 2. The summed E-state index contributed by atoms with van der Waals surface area (Å²) in [5.74, 6) is 0. The van der Waals surface area contributed by atoms with Gasteiger partial charge >= 0.3 is 0 Å². The number of hydrogen-bond acceptors (Lipinski definition) is 2. The van der Waals surface area contributed by atoms with Crippen LogP contribution in [0.25, 0.3) is 32.7 Å². The Labute approximate surface area is 206 Å². The van der Waals surface area contributed by atoms with E-state index in [0.29, 0.717) is 0 Å². The zero-order valence-corrected chi connectivity index (χ0v) is 20.1. The van der Waals surface area contributed by atoms with Gasteiger partial charge in [-0.05, 0) is 52.2 Å². The van der Waals surface area contributed by atoms with E-state index >= 15 is 0 Å². The van der Waals surface area contributed by atoms with Crippen molar-refractivity contribution in [2.75, 3.05) is 11.5 Å². The summed E-state index contributed by atoms with van der Waals surface area (Å²) < 4.78 is 0. The molecule has 0 amide bonds. The van der Waals surface area contributed by atoms with E-state index in [-0.39, 0.29) is 0 Å². The molecule has 0 aliphatic heterocycles. The zero-order chi connectivity index (χ0) is 23.8. The minimum Gasteiger partial charge on any atom is -0.398 e. The predicted molar refractivity (Wildman–Crippen MR) is 154 cm³/mol. The molecule has 0 saturated heterocycles. The largest absolute Gasteiger partial charge is 0.398 e. The Morgan fingerprint density at radius 3 is 1.60 bits per heavy atom. The highest BCUT2D eigenvalue weighted by atomic mass is 31.1. The molecule has 0 aliphatic carbocycles. The molecular weight excluding hydrogens is 443 g/mol. The standard InChI is InChI=1S/C32H25N2P/c33-28-20-19-22-11-7-9-17-26(22)30(28)31-27-18-10-8-12-23(27)21-29(32(31)34)35(24-13-3-1-4-14-24)25-15-5-2-6-16-25/h1-21H,33-34H2. The number of anilines is 2. The quantitative estimate of drug-likeness (QED) is 0.227. The van der Waals surface area contributed by atoms with Gasteiger partial charge in [0.15, 0.2) is 0 Å². The monoisotopic (exact) mass is 468 g/mol. The summed E-state index contributed by atoms with van der Waals surface area (Å²) in [5.41, 5.74) is 17.4. The van der Waals surface area contributed by atoms with Crippen LogP contribution in [0.3, 0.4) is 0 Å². The molecule has 0 atom stereocenters. The first-order valence-corrected chi connectivity index (χ1v) is 13.1. The molecule has 2 nitrogen and oxygen atoms in total. The Kier molecular flexibility index (Phi) is 5.45. The highest BCUT2D eigenvalue weighted by Gasteiger charge is 2.24. The smallest absolute Gasteiger partial charge is 0.0486 e. The van der Waals surface area contributed by atoms with Gasteiger partial charge in [-0.3, -0.25) is 0 Å². The minimum atomic E-state index is -0.865. The Morgan fingerprint density at radius 2 is 0.971 bits per heavy atom. The summed E-state index contributed by atoms with van der Waals surface area (Å²) in [6.07, 6.45) is 0. The lowest BCUT2D eigenvalue weighted by molar-refractivity contribution is 1.67. The van der Waals surface area contributed by atoms with Gasteiger partial charge in [-0.15, -0.1) is 0 Å². The van der Waals surface area contributed by atoms with Gasteiger partial charge in [0.05, 0.1) is 0 Å². The van der Waals surface area contributed by atoms with Crippen LogP contribution in [0.5, 0.6) is 0 Å². The molecule has 0 unspecified atom stereocenters. The molecule has 0 heterocycles. The molecule has 0 radical (unpaired) electrons. The van der Waals surface area contributed by atoms with Crippen molar-refractivity contribution in [2.45, 2.75) is 0 Å². The van der Waals surface area contributed by atoms with E-state index in [4.69, 9.17) is 11.5 Å². The van der Waals surface area contributed by atoms with Crippen LogP contribution < -0.4 is 27.4 Å². The molecule has 0 aromatic heterocycles. The molecule has 0 aliphatic rings. The SMILES string of the molecule is Nc1ccc2ccccc2c1-c1c(N)c(P(c2ccccc2)c2ccccc2)cc2ccccc12. The second kappa shape index (κ2) is 8.91. The van der Waals surface area contributed by atoms with E-state index < -0.39 is 7.92 Å². The average molecular weight is 469 g/mol. The highest BCUT2D eigenvalue weighted by molar-refractivity contribution is 7.80. The van der Waals surface area contributed by atoms with Crippen molar-refractivity contribution in [3.05, 3.63) is 127 Å². The number of benzene rings is 6. The molecule has 35 heavy (non-hydrogen) atoms. The van der Waals surface area contributed by atoms with Crippen LogP contribution in [0.15, 0.2) is 127 Å². The van der Waals surface area contributed by atoms with Crippen LogP contribution in [-0.4, -0.2) is 0 Å². The molecule has 6 rings (SSSR count). The van der Waals surface area contributed by atoms with E-state index in [1.54, 1.807) is 0 Å². The number of nitrogens with two attached hydrogens (primary N) is 2. The minimum absolute atomic E-state index is 0.737. The second-order valence-electron chi connectivity index (χ2n) is 8.66. The van der Waals surface area contributed by atoms with Gasteiger partial charge in [0.2, 0.25) is 0 Å². The highest BCUT2D eigenvalue weighted by Crippen LogP contribution is 2.45. The fourth-order valence-corrected chi connectivity index (χ4v) is 7.37. The molecule has 4 N–H and O–H groups in total. The van der Waals surface area contributed by atoms with Crippen molar-refractivity contribution < 1.29 is 0 Å². The Morgan fingerprint density at radius 1 is 0.457 bits per heavy atom. The summed E-state index contributed by atoms with van der Waals surface area (Å²) in [7, 11) is -0.865. The lowest BCUT2D eigenvalue weighted by Crippen LogP contribution is -2.23. The molecule has 6 aromatic rings. The molecule has 168 valence electrons. The molecular formula is C32H25N2P. The molecule has 0 spiro atoms. The van der Waals surface area contributed by atoms with Crippen LogP contribution in [0.2, 0.25) is 0 Å². The topological polar surface area (TPSA) is 52.0 Å². The van der Waals surface area contributed by atoms with E-state index in [1.807, 2.05) is 6.07 Å². The first-order valence-electron chi connectivity index (χ1n) is 11.7. The van der Waals surface area contributed by atoms with Gasteiger partial charge in [0.25, 0.3) is 0 Å². The summed E-state index contributed by atoms with van der Waals surface area (Å²) >= 11 is 0. The predicted octanol–water partition coefficient (Wildman–Crippen LogP) is 6.58. The molecule has 0 saturated carbocycles. The van der Waals surface area contributed by atoms with Gasteiger partial charge in [-0.1, -0.05) is 115 Å². The van der Waals surface area contributed by atoms with Crippen molar-refractivity contribution in [1.29, 1.82) is 0 Å². The maximum absolute atomic E-state index is 7.18. The van der Waals surface area contributed by atoms with Crippen LogP contribution in [0.1, 0.15) is 0 Å². The Bertz CT molecular complexity index is 1620. The van der Waals surface area contributed by atoms with Crippen molar-refractivity contribution in [3.63, 3.8) is 0 Å². The van der Waals surface area contributed by atoms with Crippen LogP contribution in [0, 0.1) is 0 Å². The maximum atomic E-state index is 7.18. The maximum Gasteiger partial charge on any atom is 0.0486 e. The second-order valence-corrected chi connectivity index (χ2v) is 10.8. The first-order chi connectivity index (χ1) is 17.2. The molecule has 0 bridgehead atoms. The third kappa shape index (κ3) is 3.73. The Balaban J connectivity index is 1.73. The van der Waals surface area contributed by atoms with Crippen LogP contribution >= 0.6 is 7.92 Å². The fraction of sp³-hybridized carbons (Fsp3) is 0. The van der Waals surface area contributed by atoms with Crippen molar-refractivity contribution in [2.24, 2.45) is 0 Å². The van der Waals surface area contributed by atoms with E-state index in [9.17, 15) is 0 Å². The van der Waals surface area contributed by atoms with E-state index in [1.165, 1.54) is 16.0 Å². The fourth-order valence-electron chi connectivity index (χ4n) is 4.95.